The lowest BCUT2D eigenvalue weighted by Crippen LogP contribution is -1.97. The standard InChI is InChI=1S/C32H25P/c1-3-23-13-5-7-15-25(23)30(20-21-33)32-28-18-10-8-16-26(28)31(24-14-6-4-12-22(24)2)27-17-9-11-19-29(27)32/h3-21,33H,1H2,2H3/b30-20+. The van der Waals surface area contributed by atoms with Gasteiger partial charge < -0.3 is 0 Å². The van der Waals surface area contributed by atoms with Gasteiger partial charge in [0.15, 0.2) is 0 Å². The van der Waals surface area contributed by atoms with Crippen LogP contribution in [0.3, 0.4) is 0 Å². The maximum absolute atomic E-state index is 4.07. The Bertz CT molecular complexity index is 1500. The molecule has 0 saturated carbocycles. The van der Waals surface area contributed by atoms with Crippen molar-refractivity contribution in [3.63, 3.8) is 0 Å². The molecule has 0 amide bonds. The summed E-state index contributed by atoms with van der Waals surface area (Å²) in [5.74, 6) is 1.94. The summed E-state index contributed by atoms with van der Waals surface area (Å²) >= 11 is 0. The molecule has 0 aromatic heterocycles. The van der Waals surface area contributed by atoms with Crippen molar-refractivity contribution in [1.82, 2.24) is 0 Å². The van der Waals surface area contributed by atoms with E-state index in [1.807, 2.05) is 11.9 Å². The van der Waals surface area contributed by atoms with Gasteiger partial charge in [-0.25, -0.2) is 0 Å². The van der Waals surface area contributed by atoms with Crippen LogP contribution in [-0.4, -0.2) is 5.80 Å². The SMILES string of the molecule is C=Cc1ccccc1/C(=C\C=P)c1c2ccccc2c(-c2ccccc2C)c2ccccc12. The molecule has 158 valence electrons. The third-order valence-corrected chi connectivity index (χ3v) is 6.50. The predicted octanol–water partition coefficient (Wildman–Crippen LogP) is 8.99. The van der Waals surface area contributed by atoms with Crippen LogP contribution in [0.15, 0.2) is 110 Å². The number of allylic oxidation sites excluding steroid dienone is 1. The van der Waals surface area contributed by atoms with Crippen LogP contribution in [0.4, 0.5) is 0 Å². The largest absolute Gasteiger partial charge is 0.122 e. The molecule has 0 nitrogen and oxygen atoms in total. The number of benzene rings is 5. The summed E-state index contributed by atoms with van der Waals surface area (Å²) in [5, 5.41) is 5.01. The predicted molar refractivity (Wildman–Crippen MR) is 150 cm³/mol. The number of hydrogen-bond donors (Lipinski definition) is 0. The minimum atomic E-state index is 1.12. The molecular weight excluding hydrogens is 415 g/mol. The first-order valence-corrected chi connectivity index (χ1v) is 11.7. The summed E-state index contributed by atoms with van der Waals surface area (Å²) in [6, 6.07) is 34.7. The van der Waals surface area contributed by atoms with Crippen LogP contribution in [-0.2, 0) is 0 Å². The molecule has 0 fully saturated rings. The van der Waals surface area contributed by atoms with E-state index in [1.54, 1.807) is 0 Å². The van der Waals surface area contributed by atoms with Crippen LogP contribution in [0.2, 0.25) is 0 Å². The minimum absolute atomic E-state index is 1.12. The van der Waals surface area contributed by atoms with Crippen LogP contribution in [0, 0.1) is 6.92 Å². The van der Waals surface area contributed by atoms with Crippen LogP contribution in [0.25, 0.3) is 44.3 Å². The lowest BCUT2D eigenvalue weighted by molar-refractivity contribution is 1.47. The van der Waals surface area contributed by atoms with Gasteiger partial charge >= 0.3 is 0 Å². The van der Waals surface area contributed by atoms with E-state index in [2.05, 4.69) is 126 Å². The van der Waals surface area contributed by atoms with Crippen LogP contribution in [0.5, 0.6) is 0 Å². The lowest BCUT2D eigenvalue weighted by atomic mass is 9.82. The number of hydrogen-bond acceptors (Lipinski definition) is 0. The highest BCUT2D eigenvalue weighted by Crippen LogP contribution is 2.44. The van der Waals surface area contributed by atoms with Crippen LogP contribution >= 0.6 is 8.86 Å². The highest BCUT2D eigenvalue weighted by molar-refractivity contribution is 7.19. The van der Waals surface area contributed by atoms with Gasteiger partial charge in [0.1, 0.15) is 0 Å². The van der Waals surface area contributed by atoms with E-state index in [4.69, 9.17) is 0 Å². The zero-order chi connectivity index (χ0) is 22.8. The summed E-state index contributed by atoms with van der Waals surface area (Å²) < 4.78 is 0. The Morgan fingerprint density at radius 2 is 1.24 bits per heavy atom. The van der Waals surface area contributed by atoms with Crippen molar-refractivity contribution < 1.29 is 0 Å². The van der Waals surface area contributed by atoms with E-state index in [0.717, 1.165) is 5.56 Å². The van der Waals surface area contributed by atoms with Gasteiger partial charge in [0.25, 0.3) is 0 Å². The molecule has 0 radical (unpaired) electrons. The van der Waals surface area contributed by atoms with Gasteiger partial charge in [0.2, 0.25) is 0 Å². The molecular formula is C32H25P. The second-order valence-electron chi connectivity index (χ2n) is 8.19. The summed E-state index contributed by atoms with van der Waals surface area (Å²) in [6.07, 6.45) is 4.09. The van der Waals surface area contributed by atoms with E-state index in [0.29, 0.717) is 0 Å². The Balaban J connectivity index is 1.99. The second kappa shape index (κ2) is 9.02. The maximum atomic E-state index is 4.07. The number of fused-ring (bicyclic) bond motifs is 2. The first-order chi connectivity index (χ1) is 16.2. The normalized spacial score (nSPS) is 11.6. The van der Waals surface area contributed by atoms with Gasteiger partial charge in [-0.2, -0.15) is 0 Å². The Morgan fingerprint density at radius 3 is 1.85 bits per heavy atom. The van der Waals surface area contributed by atoms with Gasteiger partial charge in [-0.05, 0) is 79.3 Å². The molecule has 0 aliphatic carbocycles. The molecule has 5 rings (SSSR count). The molecule has 0 aliphatic rings. The van der Waals surface area contributed by atoms with E-state index in [9.17, 15) is 0 Å². The molecule has 5 aromatic rings. The molecule has 5 aromatic carbocycles. The molecule has 1 heteroatoms. The lowest BCUT2D eigenvalue weighted by Gasteiger charge is -2.21. The molecule has 0 unspecified atom stereocenters. The fourth-order valence-corrected chi connectivity index (χ4v) is 5.04. The average molecular weight is 441 g/mol. The quantitative estimate of drug-likeness (QED) is 0.189. The molecule has 0 atom stereocenters. The van der Waals surface area contributed by atoms with Crippen LogP contribution < -0.4 is 0 Å². The van der Waals surface area contributed by atoms with Gasteiger partial charge in [-0.1, -0.05) is 110 Å². The number of rotatable bonds is 5. The van der Waals surface area contributed by atoms with E-state index in [-0.39, 0.29) is 0 Å². The van der Waals surface area contributed by atoms with Gasteiger partial charge in [0, 0.05) is 0 Å². The second-order valence-corrected chi connectivity index (χ2v) is 8.53. The Hall–Kier alpha value is -3.73. The molecule has 33 heavy (non-hydrogen) atoms. The Morgan fingerprint density at radius 1 is 0.697 bits per heavy atom. The molecule has 0 bridgehead atoms. The van der Waals surface area contributed by atoms with Crippen molar-refractivity contribution in [3.8, 4) is 11.1 Å². The first kappa shape index (κ1) is 21.1. The minimum Gasteiger partial charge on any atom is -0.122 e. The molecule has 0 spiro atoms. The Labute approximate surface area is 197 Å². The summed E-state index contributed by atoms with van der Waals surface area (Å²) in [6.45, 7) is 6.26. The highest BCUT2D eigenvalue weighted by atomic mass is 31.0. The average Bonchev–Trinajstić information content (AvgIpc) is 2.87. The van der Waals surface area contributed by atoms with Crippen molar-refractivity contribution in [2.45, 2.75) is 6.92 Å². The van der Waals surface area contributed by atoms with E-state index < -0.39 is 0 Å². The van der Waals surface area contributed by atoms with Crippen molar-refractivity contribution in [2.24, 2.45) is 0 Å². The summed E-state index contributed by atoms with van der Waals surface area (Å²) in [4.78, 5) is 0. The third-order valence-electron chi connectivity index (χ3n) is 6.34. The smallest absolute Gasteiger partial charge is 0.00200 e. The fraction of sp³-hybridized carbons (Fsp3) is 0.0312. The molecule has 0 aliphatic heterocycles. The van der Waals surface area contributed by atoms with Gasteiger partial charge in [0.05, 0.1) is 0 Å². The topological polar surface area (TPSA) is 0 Å². The van der Waals surface area contributed by atoms with Crippen LogP contribution in [0.1, 0.15) is 22.3 Å². The summed E-state index contributed by atoms with van der Waals surface area (Å²) in [7, 11) is 3.61. The Kier molecular flexibility index (Phi) is 5.78. The zero-order valence-electron chi connectivity index (χ0n) is 18.7. The van der Waals surface area contributed by atoms with Crippen molar-refractivity contribution in [3.05, 3.63) is 132 Å². The van der Waals surface area contributed by atoms with E-state index >= 15 is 0 Å². The molecule has 0 heterocycles. The fourth-order valence-electron chi connectivity index (χ4n) is 4.87. The first-order valence-electron chi connectivity index (χ1n) is 11.2. The van der Waals surface area contributed by atoms with Crippen molar-refractivity contribution >= 4 is 47.9 Å². The molecule has 0 saturated heterocycles. The molecule has 0 N–H and O–H groups in total. The number of aryl methyl sites for hydroxylation is 1. The maximum Gasteiger partial charge on any atom is -0.00200 e. The van der Waals surface area contributed by atoms with Crippen molar-refractivity contribution in [2.75, 3.05) is 0 Å². The highest BCUT2D eigenvalue weighted by Gasteiger charge is 2.19. The van der Waals surface area contributed by atoms with E-state index in [1.165, 1.54) is 54.9 Å². The van der Waals surface area contributed by atoms with Gasteiger partial charge in [-0.15, -0.1) is 8.86 Å². The van der Waals surface area contributed by atoms with Gasteiger partial charge in [-0.3, -0.25) is 0 Å². The zero-order valence-corrected chi connectivity index (χ0v) is 19.7. The third kappa shape index (κ3) is 3.63. The monoisotopic (exact) mass is 440 g/mol. The van der Waals surface area contributed by atoms with Crippen molar-refractivity contribution in [1.29, 1.82) is 0 Å². The summed E-state index contributed by atoms with van der Waals surface area (Å²) in [5.41, 5.74) is 8.55.